The Kier molecular flexibility index (Phi) is 3.85. The molecule has 3 nitrogen and oxygen atoms in total. The van der Waals surface area contributed by atoms with Gasteiger partial charge in [0.15, 0.2) is 5.78 Å². The van der Waals surface area contributed by atoms with Crippen LogP contribution in [0.25, 0.3) is 16.3 Å². The van der Waals surface area contributed by atoms with E-state index in [1.165, 1.54) is 6.08 Å². The van der Waals surface area contributed by atoms with E-state index in [9.17, 15) is 4.79 Å². The molecular weight excluding hydrogens is 294 g/mol. The number of carbonyl (C=O) groups is 1. The van der Waals surface area contributed by atoms with E-state index >= 15 is 0 Å². The highest BCUT2D eigenvalue weighted by Crippen LogP contribution is 2.29. The van der Waals surface area contributed by atoms with Crippen molar-refractivity contribution in [2.75, 3.05) is 0 Å². The van der Waals surface area contributed by atoms with E-state index < -0.39 is 0 Å². The third-order valence-corrected chi connectivity index (χ3v) is 4.12. The monoisotopic (exact) mass is 307 g/mol. The van der Waals surface area contributed by atoms with Crippen molar-refractivity contribution >= 4 is 33.4 Å². The van der Waals surface area contributed by atoms with Crippen LogP contribution >= 0.6 is 11.3 Å². The van der Waals surface area contributed by atoms with Gasteiger partial charge in [0.25, 0.3) is 0 Å². The summed E-state index contributed by atoms with van der Waals surface area (Å²) < 4.78 is 6.86. The first-order chi connectivity index (χ1) is 10.7. The van der Waals surface area contributed by atoms with Crippen molar-refractivity contribution in [2.45, 2.75) is 0 Å². The van der Waals surface area contributed by atoms with Crippen LogP contribution in [0.5, 0.6) is 11.5 Å². The number of hydrogen-bond acceptors (Lipinski definition) is 4. The third kappa shape index (κ3) is 2.82. The summed E-state index contributed by atoms with van der Waals surface area (Å²) in [7, 11) is 0. The molecule has 3 aromatic rings. The molecule has 0 atom stereocenters. The highest BCUT2D eigenvalue weighted by molar-refractivity contribution is 7.19. The summed E-state index contributed by atoms with van der Waals surface area (Å²) in [6.45, 7) is 7.20. The molecule has 2 aromatic carbocycles. The summed E-state index contributed by atoms with van der Waals surface area (Å²) in [5.41, 5.74) is 1.52. The minimum Gasteiger partial charge on any atom is -0.457 e. The normalized spacial score (nSPS) is 10.4. The Morgan fingerprint density at radius 2 is 1.82 bits per heavy atom. The summed E-state index contributed by atoms with van der Waals surface area (Å²) in [6.07, 6.45) is 3.03. The summed E-state index contributed by atoms with van der Waals surface area (Å²) in [5, 5.41) is 0.888. The van der Waals surface area contributed by atoms with Crippen molar-refractivity contribution < 1.29 is 9.53 Å². The number of rotatable bonds is 5. The van der Waals surface area contributed by atoms with Crippen molar-refractivity contribution in [1.29, 1.82) is 0 Å². The lowest BCUT2D eigenvalue weighted by atomic mass is 10.1. The van der Waals surface area contributed by atoms with Gasteiger partial charge in [0, 0.05) is 11.6 Å². The Bertz CT molecular complexity index is 862. The number of ketones is 1. The quantitative estimate of drug-likeness (QED) is 0.486. The molecule has 0 saturated carbocycles. The number of fused-ring (bicyclic) bond motifs is 1. The van der Waals surface area contributed by atoms with E-state index in [0.29, 0.717) is 11.3 Å². The molecule has 4 heteroatoms. The second kappa shape index (κ2) is 5.95. The maximum Gasteiger partial charge on any atom is 0.185 e. The van der Waals surface area contributed by atoms with Gasteiger partial charge in [-0.2, -0.15) is 0 Å². The number of nitrogens with zero attached hydrogens (tertiary/aromatic N) is 1. The SMILES string of the molecule is C=CC(=O)c1ccc(Oc2ccc3nc(C=C)sc3c2)cc1. The van der Waals surface area contributed by atoms with Crippen molar-refractivity contribution in [2.24, 2.45) is 0 Å². The largest absolute Gasteiger partial charge is 0.457 e. The van der Waals surface area contributed by atoms with Crippen molar-refractivity contribution in [3.63, 3.8) is 0 Å². The molecule has 0 aliphatic carbocycles. The van der Waals surface area contributed by atoms with Crippen molar-refractivity contribution in [3.05, 3.63) is 72.3 Å². The van der Waals surface area contributed by atoms with E-state index in [1.54, 1.807) is 41.7 Å². The topological polar surface area (TPSA) is 39.2 Å². The van der Waals surface area contributed by atoms with E-state index in [-0.39, 0.29) is 5.78 Å². The lowest BCUT2D eigenvalue weighted by Gasteiger charge is -2.06. The maximum absolute atomic E-state index is 11.5. The zero-order chi connectivity index (χ0) is 15.5. The predicted octanol–water partition coefficient (Wildman–Crippen LogP) is 5.10. The zero-order valence-electron chi connectivity index (χ0n) is 11.8. The van der Waals surface area contributed by atoms with Gasteiger partial charge in [-0.3, -0.25) is 4.79 Å². The van der Waals surface area contributed by atoms with Crippen molar-refractivity contribution in [1.82, 2.24) is 4.98 Å². The van der Waals surface area contributed by atoms with Gasteiger partial charge in [-0.15, -0.1) is 11.3 Å². The Labute approximate surface area is 132 Å². The van der Waals surface area contributed by atoms with E-state index in [4.69, 9.17) is 4.74 Å². The lowest BCUT2D eigenvalue weighted by Crippen LogP contribution is -1.93. The number of ether oxygens (including phenoxy) is 1. The molecule has 108 valence electrons. The van der Waals surface area contributed by atoms with E-state index in [2.05, 4.69) is 18.1 Å². The van der Waals surface area contributed by atoms with E-state index in [1.807, 2.05) is 18.2 Å². The van der Waals surface area contributed by atoms with Crippen LogP contribution in [0.15, 0.2) is 61.7 Å². The van der Waals surface area contributed by atoms with Crippen LogP contribution in [-0.4, -0.2) is 10.8 Å². The number of thiazole rings is 1. The molecule has 0 aliphatic heterocycles. The fraction of sp³-hybridized carbons (Fsp3) is 0. The van der Waals surface area contributed by atoms with Crippen LogP contribution in [0, 0.1) is 0 Å². The molecule has 3 rings (SSSR count). The molecule has 0 aliphatic rings. The first-order valence-electron chi connectivity index (χ1n) is 6.67. The van der Waals surface area contributed by atoms with Crippen LogP contribution in [0.2, 0.25) is 0 Å². The first-order valence-corrected chi connectivity index (χ1v) is 7.49. The average molecular weight is 307 g/mol. The van der Waals surface area contributed by atoms with E-state index in [0.717, 1.165) is 21.0 Å². The second-order valence-corrected chi connectivity index (χ2v) is 5.64. The van der Waals surface area contributed by atoms with Crippen molar-refractivity contribution in [3.8, 4) is 11.5 Å². The summed E-state index contributed by atoms with van der Waals surface area (Å²) in [6, 6.07) is 12.7. The van der Waals surface area contributed by atoms with Gasteiger partial charge >= 0.3 is 0 Å². The number of benzene rings is 2. The van der Waals surface area contributed by atoms with Crippen LogP contribution in [0.4, 0.5) is 0 Å². The molecular formula is C18H13NO2S. The fourth-order valence-corrected chi connectivity index (χ4v) is 2.86. The maximum atomic E-state index is 11.5. The van der Waals surface area contributed by atoms with Crippen LogP contribution in [0.3, 0.4) is 0 Å². The van der Waals surface area contributed by atoms with Crippen LogP contribution < -0.4 is 4.74 Å². The second-order valence-electron chi connectivity index (χ2n) is 4.58. The Morgan fingerprint density at radius 1 is 1.09 bits per heavy atom. The van der Waals surface area contributed by atoms with Crippen LogP contribution in [-0.2, 0) is 0 Å². The molecule has 0 N–H and O–H groups in total. The Hall–Kier alpha value is -2.72. The molecule has 0 saturated heterocycles. The van der Waals surface area contributed by atoms with Gasteiger partial charge in [0.05, 0.1) is 10.2 Å². The summed E-state index contributed by atoms with van der Waals surface area (Å²) >= 11 is 1.57. The van der Waals surface area contributed by atoms with Gasteiger partial charge < -0.3 is 4.74 Å². The predicted molar refractivity (Wildman–Crippen MR) is 90.8 cm³/mol. The summed E-state index contributed by atoms with van der Waals surface area (Å²) in [5.74, 6) is 1.30. The number of aromatic nitrogens is 1. The molecule has 0 fully saturated rings. The highest BCUT2D eigenvalue weighted by atomic mass is 32.1. The molecule has 0 unspecified atom stereocenters. The Balaban J connectivity index is 1.84. The molecule has 0 amide bonds. The van der Waals surface area contributed by atoms with Gasteiger partial charge in [-0.05, 0) is 48.6 Å². The molecule has 22 heavy (non-hydrogen) atoms. The highest BCUT2D eigenvalue weighted by Gasteiger charge is 2.05. The van der Waals surface area contributed by atoms with Crippen LogP contribution in [0.1, 0.15) is 15.4 Å². The minimum absolute atomic E-state index is 0.102. The van der Waals surface area contributed by atoms with Gasteiger partial charge in [-0.25, -0.2) is 4.98 Å². The third-order valence-electron chi connectivity index (χ3n) is 3.11. The van der Waals surface area contributed by atoms with Gasteiger partial charge in [-0.1, -0.05) is 13.2 Å². The molecule has 0 radical (unpaired) electrons. The minimum atomic E-state index is -0.102. The zero-order valence-corrected chi connectivity index (χ0v) is 12.6. The average Bonchev–Trinajstić information content (AvgIpc) is 2.97. The first kappa shape index (κ1) is 14.2. The summed E-state index contributed by atoms with van der Waals surface area (Å²) in [4.78, 5) is 15.9. The molecule has 0 spiro atoms. The lowest BCUT2D eigenvalue weighted by molar-refractivity contribution is 0.104. The van der Waals surface area contributed by atoms with Gasteiger partial charge in [0.2, 0.25) is 0 Å². The number of hydrogen-bond donors (Lipinski definition) is 0. The Morgan fingerprint density at radius 3 is 2.50 bits per heavy atom. The number of allylic oxidation sites excluding steroid dienone is 1. The van der Waals surface area contributed by atoms with Gasteiger partial charge in [0.1, 0.15) is 16.5 Å². The standard InChI is InChI=1S/C18H13NO2S/c1-3-16(20)12-5-7-13(8-6-12)21-14-9-10-15-17(11-14)22-18(4-2)19-15/h3-11H,1-2H2. The fourth-order valence-electron chi connectivity index (χ4n) is 2.01. The molecule has 0 bridgehead atoms. The molecule has 1 heterocycles. The smallest absolute Gasteiger partial charge is 0.185 e. The molecule has 1 aromatic heterocycles. The number of carbonyl (C=O) groups excluding carboxylic acids is 1.